The molecule has 1 aromatic carbocycles. The van der Waals surface area contributed by atoms with Crippen molar-refractivity contribution in [3.05, 3.63) is 35.9 Å². The number of aliphatic hydroxyl groups is 3. The minimum absolute atomic E-state index is 0.242. The van der Waals surface area contributed by atoms with Gasteiger partial charge in [0.2, 0.25) is 0 Å². The van der Waals surface area contributed by atoms with E-state index >= 15 is 0 Å². The first-order valence-corrected chi connectivity index (χ1v) is 13.2. The fourth-order valence-corrected chi connectivity index (χ4v) is 5.96. The van der Waals surface area contributed by atoms with E-state index in [9.17, 15) is 25.2 Å². The number of carboxylic acids is 1. The zero-order valence-electron chi connectivity index (χ0n) is 22.9. The fraction of sp³-hybridized carbons (Fsp3) is 0.714. The van der Waals surface area contributed by atoms with Crippen molar-refractivity contribution in [3.8, 4) is 0 Å². The van der Waals surface area contributed by atoms with Gasteiger partial charge < -0.3 is 34.7 Å². The molecule has 0 aliphatic carbocycles. The Balaban J connectivity index is 1.82. The highest BCUT2D eigenvalue weighted by atomic mass is 16.7. The van der Waals surface area contributed by atoms with Crippen LogP contribution in [0.3, 0.4) is 0 Å². The summed E-state index contributed by atoms with van der Waals surface area (Å²) in [6.07, 6.45) is -3.27. The highest BCUT2D eigenvalue weighted by Crippen LogP contribution is 2.43. The molecule has 0 unspecified atom stereocenters. The molecule has 3 rings (SSSR count). The highest BCUT2D eigenvalue weighted by Gasteiger charge is 2.52. The van der Waals surface area contributed by atoms with Gasteiger partial charge in [-0.05, 0) is 33.6 Å². The molecule has 1 fully saturated rings. The first-order valence-electron chi connectivity index (χ1n) is 13.2. The van der Waals surface area contributed by atoms with Gasteiger partial charge in [-0.3, -0.25) is 4.79 Å². The van der Waals surface area contributed by atoms with E-state index in [1.165, 1.54) is 0 Å². The SMILES string of the molecule is CC[C@@H](O)[C@@](C)(O)[C@@H]1ON=C([C@H](C)C[C@@](C)(O)[C@@H]2O[C@H](c3ccccc3)O[C@H]([C@@H](C)C(=O)O)[C@@H]2C)[C@@H]1C. The van der Waals surface area contributed by atoms with Crippen LogP contribution in [-0.4, -0.2) is 67.7 Å². The van der Waals surface area contributed by atoms with E-state index in [1.54, 1.807) is 27.7 Å². The lowest BCUT2D eigenvalue weighted by Crippen LogP contribution is -2.56. The highest BCUT2D eigenvalue weighted by molar-refractivity contribution is 5.89. The van der Waals surface area contributed by atoms with Crippen LogP contribution in [0.5, 0.6) is 0 Å². The van der Waals surface area contributed by atoms with Gasteiger partial charge in [0.15, 0.2) is 12.4 Å². The van der Waals surface area contributed by atoms with Crippen LogP contribution in [0.2, 0.25) is 0 Å². The average molecular weight is 522 g/mol. The molecular formula is C28H43NO8. The van der Waals surface area contributed by atoms with E-state index in [4.69, 9.17) is 14.3 Å². The molecule has 37 heavy (non-hydrogen) atoms. The number of benzene rings is 1. The van der Waals surface area contributed by atoms with Gasteiger partial charge >= 0.3 is 5.97 Å². The zero-order valence-corrected chi connectivity index (χ0v) is 22.9. The molecular weight excluding hydrogens is 478 g/mol. The Morgan fingerprint density at radius 1 is 1.08 bits per heavy atom. The fourth-order valence-electron chi connectivity index (χ4n) is 5.96. The molecule has 0 amide bonds. The van der Waals surface area contributed by atoms with Crippen molar-refractivity contribution in [1.82, 2.24) is 0 Å². The first-order chi connectivity index (χ1) is 17.2. The van der Waals surface area contributed by atoms with Gasteiger partial charge in [0.1, 0.15) is 5.60 Å². The van der Waals surface area contributed by atoms with E-state index in [1.807, 2.05) is 51.1 Å². The number of oxime groups is 1. The molecule has 2 aliphatic heterocycles. The Kier molecular flexibility index (Phi) is 9.07. The molecule has 0 bridgehead atoms. The molecule has 208 valence electrons. The lowest BCUT2D eigenvalue weighted by molar-refractivity contribution is -0.311. The summed E-state index contributed by atoms with van der Waals surface area (Å²) in [4.78, 5) is 17.5. The summed E-state index contributed by atoms with van der Waals surface area (Å²) in [6.45, 7) is 12.3. The number of carboxylic acid groups (broad SMARTS) is 1. The molecule has 0 aromatic heterocycles. The van der Waals surface area contributed by atoms with E-state index in [0.29, 0.717) is 12.1 Å². The topological polar surface area (TPSA) is 138 Å². The number of hydrogen-bond acceptors (Lipinski definition) is 8. The largest absolute Gasteiger partial charge is 0.481 e. The Morgan fingerprint density at radius 2 is 1.70 bits per heavy atom. The maximum Gasteiger partial charge on any atom is 0.308 e. The van der Waals surface area contributed by atoms with Crippen LogP contribution < -0.4 is 0 Å². The van der Waals surface area contributed by atoms with E-state index < -0.39 is 59.7 Å². The minimum atomic E-state index is -1.48. The van der Waals surface area contributed by atoms with Crippen LogP contribution in [0.25, 0.3) is 0 Å². The Morgan fingerprint density at radius 3 is 2.27 bits per heavy atom. The summed E-state index contributed by atoms with van der Waals surface area (Å²) in [5, 5.41) is 46.9. The van der Waals surface area contributed by atoms with Crippen LogP contribution in [-0.2, 0) is 19.1 Å². The smallest absolute Gasteiger partial charge is 0.308 e. The molecule has 9 heteroatoms. The Labute approximate surface area is 219 Å². The number of aliphatic hydroxyl groups excluding tert-OH is 1. The zero-order chi connectivity index (χ0) is 27.7. The number of ether oxygens (including phenoxy) is 2. The summed E-state index contributed by atoms with van der Waals surface area (Å²) in [5.41, 5.74) is -1.42. The number of carbonyl (C=O) groups is 1. The van der Waals surface area contributed by atoms with Crippen molar-refractivity contribution < 1.29 is 39.5 Å². The molecule has 0 saturated carbocycles. The van der Waals surface area contributed by atoms with Gasteiger partial charge in [-0.25, -0.2) is 0 Å². The Bertz CT molecular complexity index is 949. The number of hydrogen-bond donors (Lipinski definition) is 4. The van der Waals surface area contributed by atoms with Crippen LogP contribution >= 0.6 is 0 Å². The number of rotatable bonds is 10. The molecule has 2 heterocycles. The third-order valence-electron chi connectivity index (χ3n) is 8.17. The monoisotopic (exact) mass is 521 g/mol. The predicted octanol–water partition coefficient (Wildman–Crippen LogP) is 3.52. The molecule has 1 aromatic rings. The van der Waals surface area contributed by atoms with E-state index in [0.717, 1.165) is 5.56 Å². The standard InChI is InChI=1S/C28H43NO8/c1-8-20(30)28(7,34)24-16(3)21(29-37-24)15(2)14-27(6,33)23-17(4)22(18(5)25(31)32)35-26(36-23)19-12-10-9-11-13-19/h9-13,15-18,20,22-24,26,30,33-34H,8,14H2,1-7H3,(H,31,32)/t15-,16+,17+,18-,20-,22+,23-,24-,26-,27-,28-/m1/s1. The van der Waals surface area contributed by atoms with E-state index in [2.05, 4.69) is 5.16 Å². The van der Waals surface area contributed by atoms with Gasteiger partial charge in [-0.15, -0.1) is 0 Å². The second kappa shape index (κ2) is 11.4. The molecule has 2 aliphatic rings. The van der Waals surface area contributed by atoms with Crippen molar-refractivity contribution in [2.24, 2.45) is 28.8 Å². The van der Waals surface area contributed by atoms with Gasteiger partial charge in [0.25, 0.3) is 0 Å². The van der Waals surface area contributed by atoms with Crippen molar-refractivity contribution in [1.29, 1.82) is 0 Å². The normalized spacial score (nSPS) is 33.8. The molecule has 4 N–H and O–H groups in total. The lowest BCUT2D eigenvalue weighted by atomic mass is 9.74. The third kappa shape index (κ3) is 6.01. The quantitative estimate of drug-likeness (QED) is 0.367. The third-order valence-corrected chi connectivity index (χ3v) is 8.17. The van der Waals surface area contributed by atoms with Gasteiger partial charge in [-0.1, -0.05) is 63.2 Å². The average Bonchev–Trinajstić information content (AvgIpc) is 3.25. The van der Waals surface area contributed by atoms with Gasteiger partial charge in [0.05, 0.1) is 35.5 Å². The molecule has 1 saturated heterocycles. The predicted molar refractivity (Wildman–Crippen MR) is 138 cm³/mol. The summed E-state index contributed by atoms with van der Waals surface area (Å²) >= 11 is 0. The van der Waals surface area contributed by atoms with Crippen LogP contribution in [0.15, 0.2) is 35.5 Å². The van der Waals surface area contributed by atoms with Gasteiger partial charge in [-0.2, -0.15) is 0 Å². The van der Waals surface area contributed by atoms with Crippen LogP contribution in [0.1, 0.15) is 73.2 Å². The maximum atomic E-state index is 11.9. The van der Waals surface area contributed by atoms with Crippen molar-refractivity contribution in [3.63, 3.8) is 0 Å². The summed E-state index contributed by atoms with van der Waals surface area (Å²) in [6, 6.07) is 9.27. The molecule has 9 nitrogen and oxygen atoms in total. The summed E-state index contributed by atoms with van der Waals surface area (Å²) in [7, 11) is 0. The minimum Gasteiger partial charge on any atom is -0.481 e. The summed E-state index contributed by atoms with van der Waals surface area (Å²) < 4.78 is 12.4. The number of aliphatic carboxylic acids is 1. The number of nitrogens with zero attached hydrogens (tertiary/aromatic N) is 1. The summed E-state index contributed by atoms with van der Waals surface area (Å²) in [5.74, 6) is -2.72. The second-order valence-electron chi connectivity index (χ2n) is 11.3. The van der Waals surface area contributed by atoms with Crippen molar-refractivity contribution in [2.45, 2.75) is 103 Å². The molecule has 0 radical (unpaired) electrons. The van der Waals surface area contributed by atoms with Crippen LogP contribution in [0, 0.1) is 23.7 Å². The molecule has 0 spiro atoms. The van der Waals surface area contributed by atoms with Crippen molar-refractivity contribution in [2.75, 3.05) is 0 Å². The first kappa shape index (κ1) is 29.5. The van der Waals surface area contributed by atoms with E-state index in [-0.39, 0.29) is 18.3 Å². The second-order valence-corrected chi connectivity index (χ2v) is 11.3. The van der Waals surface area contributed by atoms with Crippen LogP contribution in [0.4, 0.5) is 0 Å². The Hall–Kier alpha value is -2.04. The van der Waals surface area contributed by atoms with Gasteiger partial charge in [0, 0.05) is 23.3 Å². The van der Waals surface area contributed by atoms with Crippen molar-refractivity contribution >= 4 is 11.7 Å². The maximum absolute atomic E-state index is 11.9. The lowest BCUT2D eigenvalue weighted by Gasteiger charge is -2.48. The molecule has 11 atom stereocenters.